The van der Waals surface area contributed by atoms with Crippen molar-refractivity contribution in [2.24, 2.45) is 34.5 Å². The second kappa shape index (κ2) is 6.57. The Hall–Kier alpha value is -0.260. The van der Waals surface area contributed by atoms with Gasteiger partial charge in [0.05, 0.1) is 0 Å². The summed E-state index contributed by atoms with van der Waals surface area (Å²) in [4.78, 5) is 0. The van der Waals surface area contributed by atoms with Gasteiger partial charge in [0.25, 0.3) is 0 Å². The Labute approximate surface area is 145 Å². The van der Waals surface area contributed by atoms with Crippen LogP contribution in [0.5, 0.6) is 0 Å². The van der Waals surface area contributed by atoms with Crippen LogP contribution in [0.15, 0.2) is 11.6 Å². The van der Waals surface area contributed by atoms with Gasteiger partial charge in [-0.25, -0.2) is 0 Å². The van der Waals surface area contributed by atoms with Gasteiger partial charge in [0.15, 0.2) is 0 Å². The van der Waals surface area contributed by atoms with Crippen molar-refractivity contribution < 1.29 is 0 Å². The molecule has 3 fully saturated rings. The van der Waals surface area contributed by atoms with Gasteiger partial charge >= 0.3 is 0 Å². The van der Waals surface area contributed by atoms with Crippen molar-refractivity contribution in [3.05, 3.63) is 11.6 Å². The molecule has 6 atom stereocenters. The molecule has 0 aromatic heterocycles. The van der Waals surface area contributed by atoms with Crippen molar-refractivity contribution in [2.75, 3.05) is 0 Å². The number of fused-ring (bicyclic) bond motifs is 2. The van der Waals surface area contributed by atoms with Crippen LogP contribution in [0.1, 0.15) is 98.8 Å². The second-order valence-electron chi connectivity index (χ2n) is 9.93. The molecule has 3 aliphatic carbocycles. The first kappa shape index (κ1) is 17.6. The van der Waals surface area contributed by atoms with Gasteiger partial charge in [-0.15, -0.1) is 0 Å². The molecule has 3 aliphatic rings. The molecular formula is C23H40. The molecule has 0 bridgehead atoms. The van der Waals surface area contributed by atoms with E-state index in [0.717, 1.165) is 23.7 Å². The molecule has 23 heavy (non-hydrogen) atoms. The first-order chi connectivity index (χ1) is 10.9. The SMILES string of the molecule is CC=C1CCC2C(C)CC(C)C3CCCCC3(C)CCCC12C. The Balaban J connectivity index is 1.88. The van der Waals surface area contributed by atoms with Gasteiger partial charge in [-0.3, -0.25) is 0 Å². The zero-order chi connectivity index (χ0) is 16.7. The highest BCUT2D eigenvalue weighted by molar-refractivity contribution is 5.20. The van der Waals surface area contributed by atoms with E-state index in [1.54, 1.807) is 5.57 Å². The Morgan fingerprint density at radius 1 is 0.870 bits per heavy atom. The van der Waals surface area contributed by atoms with Gasteiger partial charge in [0.1, 0.15) is 0 Å². The van der Waals surface area contributed by atoms with E-state index in [0.29, 0.717) is 10.8 Å². The highest BCUT2D eigenvalue weighted by atomic mass is 14.5. The smallest absolute Gasteiger partial charge is 0.00856 e. The van der Waals surface area contributed by atoms with E-state index in [4.69, 9.17) is 0 Å². The maximum absolute atomic E-state index is 2.64. The fourth-order valence-corrected chi connectivity index (χ4v) is 7.37. The molecule has 0 radical (unpaired) electrons. The van der Waals surface area contributed by atoms with Crippen LogP contribution in [0, 0.1) is 34.5 Å². The summed E-state index contributed by atoms with van der Waals surface area (Å²) in [5, 5.41) is 0. The van der Waals surface area contributed by atoms with E-state index in [-0.39, 0.29) is 0 Å². The monoisotopic (exact) mass is 316 g/mol. The van der Waals surface area contributed by atoms with Gasteiger partial charge in [0.2, 0.25) is 0 Å². The van der Waals surface area contributed by atoms with E-state index >= 15 is 0 Å². The first-order valence-corrected chi connectivity index (χ1v) is 10.6. The van der Waals surface area contributed by atoms with Crippen LogP contribution in [0.4, 0.5) is 0 Å². The van der Waals surface area contributed by atoms with Gasteiger partial charge in [-0.2, -0.15) is 0 Å². The highest BCUT2D eigenvalue weighted by Gasteiger charge is 2.47. The first-order valence-electron chi connectivity index (χ1n) is 10.6. The summed E-state index contributed by atoms with van der Waals surface area (Å²) in [6, 6.07) is 0. The standard InChI is InChI=1S/C23H40/c1-6-19-11-12-21-18(3)16-17(2)20-10-7-8-13-22(20,4)14-9-15-23(19,21)5/h6,17-18,20-21H,7-16H2,1-5H3. The molecule has 0 heterocycles. The van der Waals surface area contributed by atoms with E-state index in [1.807, 2.05) is 0 Å². The second-order valence-corrected chi connectivity index (χ2v) is 9.93. The molecule has 3 rings (SSSR count). The fourth-order valence-electron chi connectivity index (χ4n) is 7.37. The summed E-state index contributed by atoms with van der Waals surface area (Å²) in [6.07, 6.45) is 17.1. The predicted octanol–water partition coefficient (Wildman–Crippen LogP) is 7.39. The third kappa shape index (κ3) is 3.05. The van der Waals surface area contributed by atoms with Crippen molar-refractivity contribution >= 4 is 0 Å². The summed E-state index contributed by atoms with van der Waals surface area (Å²) in [6.45, 7) is 12.7. The van der Waals surface area contributed by atoms with Crippen LogP contribution in [0.25, 0.3) is 0 Å². The van der Waals surface area contributed by atoms with Crippen molar-refractivity contribution in [1.29, 1.82) is 0 Å². The van der Waals surface area contributed by atoms with Crippen LogP contribution in [-0.4, -0.2) is 0 Å². The lowest BCUT2D eigenvalue weighted by Gasteiger charge is -2.48. The quantitative estimate of drug-likeness (QED) is 0.409. The summed E-state index contributed by atoms with van der Waals surface area (Å²) >= 11 is 0. The number of hydrogen-bond acceptors (Lipinski definition) is 0. The number of rotatable bonds is 0. The number of hydrogen-bond donors (Lipinski definition) is 0. The van der Waals surface area contributed by atoms with E-state index < -0.39 is 0 Å². The molecule has 0 nitrogen and oxygen atoms in total. The third-order valence-corrected chi connectivity index (χ3v) is 8.59. The van der Waals surface area contributed by atoms with Crippen molar-refractivity contribution in [3.8, 4) is 0 Å². The van der Waals surface area contributed by atoms with Crippen LogP contribution in [-0.2, 0) is 0 Å². The lowest BCUT2D eigenvalue weighted by Crippen LogP contribution is -2.39. The lowest BCUT2D eigenvalue weighted by atomic mass is 9.57. The van der Waals surface area contributed by atoms with Crippen LogP contribution in [0.2, 0.25) is 0 Å². The average molecular weight is 317 g/mol. The van der Waals surface area contributed by atoms with Gasteiger partial charge < -0.3 is 0 Å². The molecule has 0 aromatic carbocycles. The topological polar surface area (TPSA) is 0 Å². The molecule has 0 spiro atoms. The normalized spacial score (nSPS) is 50.4. The van der Waals surface area contributed by atoms with E-state index in [9.17, 15) is 0 Å². The van der Waals surface area contributed by atoms with Crippen molar-refractivity contribution in [2.45, 2.75) is 98.8 Å². The third-order valence-electron chi connectivity index (χ3n) is 8.59. The maximum atomic E-state index is 2.64. The predicted molar refractivity (Wildman–Crippen MR) is 101 cm³/mol. The minimum atomic E-state index is 0.506. The minimum absolute atomic E-state index is 0.506. The van der Waals surface area contributed by atoms with Crippen LogP contribution < -0.4 is 0 Å². The lowest BCUT2D eigenvalue weighted by molar-refractivity contribution is 0.0252. The zero-order valence-electron chi connectivity index (χ0n) is 16.5. The highest BCUT2D eigenvalue weighted by Crippen LogP contribution is 2.58. The van der Waals surface area contributed by atoms with E-state index in [2.05, 4.69) is 40.7 Å². The maximum Gasteiger partial charge on any atom is -0.00856 e. The van der Waals surface area contributed by atoms with Crippen LogP contribution >= 0.6 is 0 Å². The minimum Gasteiger partial charge on any atom is -0.0879 e. The zero-order valence-corrected chi connectivity index (χ0v) is 16.5. The average Bonchev–Trinajstić information content (AvgIpc) is 2.83. The fraction of sp³-hybridized carbons (Fsp3) is 0.913. The Bertz CT molecular complexity index is 447. The molecule has 0 heteroatoms. The molecule has 6 unspecified atom stereocenters. The molecular weight excluding hydrogens is 276 g/mol. The Morgan fingerprint density at radius 2 is 1.57 bits per heavy atom. The van der Waals surface area contributed by atoms with Crippen LogP contribution in [0.3, 0.4) is 0 Å². The van der Waals surface area contributed by atoms with Crippen molar-refractivity contribution in [1.82, 2.24) is 0 Å². The summed E-state index contributed by atoms with van der Waals surface area (Å²) in [5.74, 6) is 3.75. The molecule has 3 saturated carbocycles. The molecule has 0 saturated heterocycles. The molecule has 0 aromatic rings. The summed E-state index contributed by atoms with van der Waals surface area (Å²) in [5.41, 5.74) is 2.93. The summed E-state index contributed by atoms with van der Waals surface area (Å²) in [7, 11) is 0. The van der Waals surface area contributed by atoms with E-state index in [1.165, 1.54) is 64.2 Å². The molecule has 0 aliphatic heterocycles. The summed E-state index contributed by atoms with van der Waals surface area (Å²) < 4.78 is 0. The molecule has 0 N–H and O–H groups in total. The van der Waals surface area contributed by atoms with Crippen molar-refractivity contribution in [3.63, 3.8) is 0 Å². The Kier molecular flexibility index (Phi) is 5.01. The largest absolute Gasteiger partial charge is 0.0879 e. The number of allylic oxidation sites excluding steroid dienone is 2. The Morgan fingerprint density at radius 3 is 2.30 bits per heavy atom. The molecule has 132 valence electrons. The van der Waals surface area contributed by atoms with Gasteiger partial charge in [-0.05, 0) is 86.4 Å². The van der Waals surface area contributed by atoms with Gasteiger partial charge in [0, 0.05) is 0 Å². The van der Waals surface area contributed by atoms with Gasteiger partial charge in [-0.1, -0.05) is 58.6 Å². The molecule has 0 amide bonds.